The van der Waals surface area contributed by atoms with E-state index < -0.39 is 113 Å². The monoisotopic (exact) mass is 833 g/mol. The summed E-state index contributed by atoms with van der Waals surface area (Å²) in [6, 6.07) is 14.9. The third kappa shape index (κ3) is 7.54. The van der Waals surface area contributed by atoms with Gasteiger partial charge in [-0.05, 0) is 48.6 Å². The predicted molar refractivity (Wildman–Crippen MR) is 211 cm³/mol. The molecule has 2 bridgehead atoms. The van der Waals surface area contributed by atoms with Crippen LogP contribution in [0.5, 0.6) is 0 Å². The zero-order valence-electron chi connectivity index (χ0n) is 35.1. The maximum absolute atomic E-state index is 15.4. The number of nitrogens with one attached hydrogen (secondary N) is 1. The second-order valence-corrected chi connectivity index (χ2v) is 17.7. The van der Waals surface area contributed by atoms with E-state index in [-0.39, 0.29) is 42.1 Å². The number of hydrogen-bond donors (Lipinski definition) is 4. The van der Waals surface area contributed by atoms with Gasteiger partial charge in [0.25, 0.3) is 0 Å². The Morgan fingerprint density at radius 2 is 1.53 bits per heavy atom. The number of benzene rings is 2. The minimum Gasteiger partial charge on any atom is -0.456 e. The van der Waals surface area contributed by atoms with Gasteiger partial charge in [-0.2, -0.15) is 0 Å². The summed E-state index contributed by atoms with van der Waals surface area (Å²) in [5.41, 5.74) is -7.15. The van der Waals surface area contributed by atoms with E-state index in [1.54, 1.807) is 62.4 Å². The first-order valence-electron chi connectivity index (χ1n) is 20.2. The zero-order chi connectivity index (χ0) is 44.1. The van der Waals surface area contributed by atoms with Crippen LogP contribution in [0, 0.1) is 22.7 Å². The molecule has 0 spiro atoms. The van der Waals surface area contributed by atoms with Gasteiger partial charge in [-0.15, -0.1) is 0 Å². The van der Waals surface area contributed by atoms with Crippen molar-refractivity contribution in [3.05, 3.63) is 82.9 Å². The zero-order valence-corrected chi connectivity index (χ0v) is 35.1. The Kier molecular flexibility index (Phi) is 12.2. The van der Waals surface area contributed by atoms with Crippen LogP contribution in [0.25, 0.3) is 0 Å². The van der Waals surface area contributed by atoms with E-state index in [4.69, 9.17) is 23.7 Å². The lowest BCUT2D eigenvalue weighted by atomic mass is 9.44. The van der Waals surface area contributed by atoms with Crippen molar-refractivity contribution in [3.63, 3.8) is 0 Å². The minimum atomic E-state index is -2.37. The summed E-state index contributed by atoms with van der Waals surface area (Å²) in [6.07, 6.45) is -10.3. The van der Waals surface area contributed by atoms with Crippen LogP contribution in [0.15, 0.2) is 71.8 Å². The first-order chi connectivity index (χ1) is 28.1. The Bertz CT molecular complexity index is 2050. The molecule has 2 aromatic rings. The maximum Gasteiger partial charge on any atom is 0.338 e. The van der Waals surface area contributed by atoms with Crippen LogP contribution in [-0.4, -0.2) is 105 Å². The smallest absolute Gasteiger partial charge is 0.338 e. The SMILES string of the molecule is CC(=O)O[C@H]1C(=O)[C@@]2(C)[C@H]([C@H](OC(=O)c3ccccc3)[C@]3(O)C[C@H](OC(=O)[C@H](O)[C@@H](NC(=O)CC(C)C)c4ccccc4)C(C)=C1C3(C)C)[C@]1(OC(C)=O)CO[C@@H]1C[C@@H]2O. The van der Waals surface area contributed by atoms with Crippen molar-refractivity contribution in [2.75, 3.05) is 6.61 Å². The molecule has 2 aromatic carbocycles. The summed E-state index contributed by atoms with van der Waals surface area (Å²) in [5, 5.41) is 40.1. The van der Waals surface area contributed by atoms with Crippen LogP contribution in [0.2, 0.25) is 0 Å². The molecule has 3 fully saturated rings. The van der Waals surface area contributed by atoms with Gasteiger partial charge in [0.15, 0.2) is 23.6 Å². The van der Waals surface area contributed by atoms with Gasteiger partial charge in [-0.1, -0.05) is 76.2 Å². The van der Waals surface area contributed by atoms with E-state index in [1.807, 2.05) is 13.8 Å². The van der Waals surface area contributed by atoms with Gasteiger partial charge >= 0.3 is 23.9 Å². The molecule has 0 radical (unpaired) electrons. The Balaban J connectivity index is 1.54. The highest BCUT2D eigenvalue weighted by Gasteiger charge is 2.78. The van der Waals surface area contributed by atoms with Crippen LogP contribution in [0.4, 0.5) is 0 Å². The average Bonchev–Trinajstić information content (AvgIpc) is 3.17. The predicted octanol–water partition coefficient (Wildman–Crippen LogP) is 3.47. The quantitative estimate of drug-likeness (QED) is 0.145. The number of amides is 1. The van der Waals surface area contributed by atoms with Crippen molar-refractivity contribution in [2.45, 2.75) is 129 Å². The topological polar surface area (TPSA) is 221 Å². The van der Waals surface area contributed by atoms with Gasteiger partial charge in [-0.25, -0.2) is 9.59 Å². The highest BCUT2D eigenvalue weighted by Crippen LogP contribution is 2.64. The van der Waals surface area contributed by atoms with E-state index in [9.17, 15) is 39.3 Å². The molecule has 60 heavy (non-hydrogen) atoms. The molecule has 1 heterocycles. The van der Waals surface area contributed by atoms with Gasteiger partial charge < -0.3 is 44.3 Å². The number of aliphatic hydroxyl groups is 3. The second kappa shape index (κ2) is 16.5. The lowest BCUT2D eigenvalue weighted by Gasteiger charge is -2.67. The third-order valence-corrected chi connectivity index (χ3v) is 13.1. The average molecular weight is 834 g/mol. The van der Waals surface area contributed by atoms with E-state index >= 15 is 4.79 Å². The number of carbonyl (C=O) groups is 6. The summed E-state index contributed by atoms with van der Waals surface area (Å²) in [7, 11) is 0. The Morgan fingerprint density at radius 3 is 2.08 bits per heavy atom. The van der Waals surface area contributed by atoms with Crippen LogP contribution < -0.4 is 5.32 Å². The summed E-state index contributed by atoms with van der Waals surface area (Å²) >= 11 is 0. The number of ketones is 1. The van der Waals surface area contributed by atoms with Gasteiger partial charge in [-0.3, -0.25) is 19.2 Å². The Hall–Kier alpha value is -4.96. The molecule has 2 saturated carbocycles. The molecule has 3 aliphatic carbocycles. The van der Waals surface area contributed by atoms with E-state index in [1.165, 1.54) is 26.0 Å². The lowest BCUT2D eigenvalue weighted by Crippen LogP contribution is -2.82. The molecule has 1 aliphatic heterocycles. The molecule has 1 saturated heterocycles. The number of carbonyl (C=O) groups excluding carboxylic acids is 6. The van der Waals surface area contributed by atoms with Crippen LogP contribution in [0.1, 0.15) is 96.6 Å². The Morgan fingerprint density at radius 1 is 0.917 bits per heavy atom. The molecule has 324 valence electrons. The first kappa shape index (κ1) is 44.6. The summed E-state index contributed by atoms with van der Waals surface area (Å²) in [4.78, 5) is 82.8. The fourth-order valence-corrected chi connectivity index (χ4v) is 9.97. The van der Waals surface area contributed by atoms with Crippen LogP contribution >= 0.6 is 0 Å². The number of hydrogen-bond acceptors (Lipinski definition) is 14. The Labute approximate surface area is 348 Å². The molecule has 0 unspecified atom stereocenters. The van der Waals surface area contributed by atoms with Crippen molar-refractivity contribution in [3.8, 4) is 0 Å². The third-order valence-electron chi connectivity index (χ3n) is 13.1. The molecule has 0 aromatic heterocycles. The van der Waals surface area contributed by atoms with Crippen molar-refractivity contribution in [1.29, 1.82) is 0 Å². The van der Waals surface area contributed by atoms with Gasteiger partial charge in [0, 0.05) is 38.5 Å². The van der Waals surface area contributed by atoms with E-state index in [2.05, 4.69) is 5.32 Å². The molecular formula is C45H55NO14. The number of Topliss-reactive ketones (excluding diaryl/α,β-unsaturated/α-hetero) is 1. The molecule has 6 rings (SSSR count). The number of aliphatic hydroxyl groups excluding tert-OH is 2. The van der Waals surface area contributed by atoms with Crippen molar-refractivity contribution in [1.82, 2.24) is 5.32 Å². The van der Waals surface area contributed by atoms with Gasteiger partial charge in [0.05, 0.1) is 35.6 Å². The lowest BCUT2D eigenvalue weighted by molar-refractivity contribution is -0.346. The van der Waals surface area contributed by atoms with Gasteiger partial charge in [0.2, 0.25) is 5.91 Å². The maximum atomic E-state index is 15.4. The second-order valence-electron chi connectivity index (χ2n) is 17.7. The highest BCUT2D eigenvalue weighted by molar-refractivity contribution is 5.95. The number of fused-ring (bicyclic) bond motifs is 5. The van der Waals surface area contributed by atoms with Crippen LogP contribution in [-0.2, 0) is 47.7 Å². The molecule has 15 nitrogen and oxygen atoms in total. The molecule has 15 heteroatoms. The first-order valence-corrected chi connectivity index (χ1v) is 20.2. The summed E-state index contributed by atoms with van der Waals surface area (Å²) in [6.45, 7) is 11.7. The number of rotatable bonds is 11. The molecule has 11 atom stereocenters. The standard InChI is InChI=1S/C45H55NO14/c1-23(2)19-32(50)46-34(27-15-11-9-12-16-27)35(51)41(54)58-29-21-45(55)39(59-40(53)28-17-13-10-14-18-28)37-43(8,30(49)20-31-44(37,22-56-31)60-26(5)48)38(52)36(57-25(4)47)33(24(29)3)42(45,6)7/h9-18,23,29-31,34-37,39,49,51,55H,19-22H2,1-8H3,(H,46,50)/t29-,30-,31+,34-,35+,36+,37-,39-,43+,44-,45+/m0/s1. The van der Waals surface area contributed by atoms with Gasteiger partial charge in [0.1, 0.15) is 23.9 Å². The molecule has 4 aliphatic rings. The van der Waals surface area contributed by atoms with Crippen molar-refractivity contribution >= 4 is 35.6 Å². The molecular weight excluding hydrogens is 778 g/mol. The van der Waals surface area contributed by atoms with Crippen molar-refractivity contribution in [2.24, 2.45) is 22.7 Å². The number of esters is 4. The van der Waals surface area contributed by atoms with Crippen LogP contribution in [0.3, 0.4) is 0 Å². The molecule has 4 N–H and O–H groups in total. The van der Waals surface area contributed by atoms with Crippen molar-refractivity contribution < 1.29 is 67.8 Å². The fourth-order valence-electron chi connectivity index (χ4n) is 9.97. The van der Waals surface area contributed by atoms with E-state index in [0.717, 1.165) is 13.8 Å². The molecule has 1 amide bonds. The number of ether oxygens (including phenoxy) is 5. The normalized spacial score (nSPS) is 32.7. The summed E-state index contributed by atoms with van der Waals surface area (Å²) in [5.74, 6) is -6.64. The van der Waals surface area contributed by atoms with E-state index in [0.29, 0.717) is 5.56 Å². The minimum absolute atomic E-state index is 0.00902. The highest BCUT2D eigenvalue weighted by atomic mass is 16.6. The largest absolute Gasteiger partial charge is 0.456 e. The fraction of sp³-hybridized carbons (Fsp3) is 0.556. The summed E-state index contributed by atoms with van der Waals surface area (Å²) < 4.78 is 30.2.